The van der Waals surface area contributed by atoms with Crippen molar-refractivity contribution in [1.82, 2.24) is 14.5 Å². The maximum atomic E-state index is 12.8. The van der Waals surface area contributed by atoms with Crippen molar-refractivity contribution in [2.24, 2.45) is 0 Å². The van der Waals surface area contributed by atoms with E-state index in [1.165, 1.54) is 6.20 Å². The lowest BCUT2D eigenvalue weighted by atomic mass is 10.0. The molecule has 2 aromatic heterocycles. The van der Waals surface area contributed by atoms with E-state index in [2.05, 4.69) is 14.9 Å². The van der Waals surface area contributed by atoms with Gasteiger partial charge in [0.2, 0.25) is 0 Å². The number of H-pyrrole nitrogens is 1. The Morgan fingerprint density at radius 2 is 1.81 bits per heavy atom. The average molecular weight is 491 g/mol. The predicted octanol–water partition coefficient (Wildman–Crippen LogP) is 4.52. The summed E-state index contributed by atoms with van der Waals surface area (Å²) in [4.78, 5) is 34.4. The summed E-state index contributed by atoms with van der Waals surface area (Å²) in [6.45, 7) is 7.94. The van der Waals surface area contributed by atoms with Gasteiger partial charge in [0.05, 0.1) is 35.5 Å². The summed E-state index contributed by atoms with van der Waals surface area (Å²) in [6.07, 6.45) is 2.83. The molecule has 2 N–H and O–H groups in total. The van der Waals surface area contributed by atoms with E-state index in [0.29, 0.717) is 67.2 Å². The second-order valence-electron chi connectivity index (χ2n) is 9.05. The Kier molecular flexibility index (Phi) is 6.30. The van der Waals surface area contributed by atoms with Gasteiger partial charge in [-0.05, 0) is 57.4 Å². The third-order valence-electron chi connectivity index (χ3n) is 6.75. The van der Waals surface area contributed by atoms with Gasteiger partial charge in [-0.3, -0.25) is 9.55 Å². The van der Waals surface area contributed by atoms with Crippen LogP contribution in [0.25, 0.3) is 21.9 Å². The molecule has 0 saturated carbocycles. The van der Waals surface area contributed by atoms with Crippen LogP contribution >= 0.6 is 0 Å². The van der Waals surface area contributed by atoms with Gasteiger partial charge in [0, 0.05) is 36.8 Å². The van der Waals surface area contributed by atoms with Crippen molar-refractivity contribution in [3.8, 4) is 11.5 Å². The Morgan fingerprint density at radius 1 is 1.11 bits per heavy atom. The van der Waals surface area contributed by atoms with Crippen molar-refractivity contribution in [2.75, 3.05) is 31.2 Å². The van der Waals surface area contributed by atoms with E-state index in [1.54, 1.807) is 6.07 Å². The van der Waals surface area contributed by atoms with Crippen molar-refractivity contribution in [3.05, 3.63) is 58.1 Å². The molecule has 2 aromatic carbocycles. The van der Waals surface area contributed by atoms with Crippen molar-refractivity contribution in [1.29, 1.82) is 0 Å². The van der Waals surface area contributed by atoms with Crippen LogP contribution in [0.15, 0.2) is 41.3 Å². The molecule has 9 heteroatoms. The summed E-state index contributed by atoms with van der Waals surface area (Å²) in [7, 11) is 0. The second-order valence-corrected chi connectivity index (χ2v) is 9.05. The number of piperidine rings is 1. The number of fused-ring (bicyclic) bond motifs is 2. The zero-order valence-electron chi connectivity index (χ0n) is 20.7. The maximum absolute atomic E-state index is 12.8. The number of ether oxygens (including phenoxy) is 2. The van der Waals surface area contributed by atoms with Gasteiger partial charge in [-0.25, -0.2) is 9.59 Å². The monoisotopic (exact) mass is 490 g/mol. The van der Waals surface area contributed by atoms with Crippen LogP contribution in [0.1, 0.15) is 48.7 Å². The highest BCUT2D eigenvalue weighted by Gasteiger charge is 2.28. The number of hydrogen-bond acceptors (Lipinski definition) is 6. The molecule has 0 unspecified atom stereocenters. The minimum Gasteiger partial charge on any atom is -0.490 e. The van der Waals surface area contributed by atoms with Gasteiger partial charge in [0.1, 0.15) is 5.56 Å². The lowest BCUT2D eigenvalue weighted by Gasteiger charge is -2.35. The van der Waals surface area contributed by atoms with E-state index >= 15 is 0 Å². The Balaban J connectivity index is 1.52. The normalized spacial score (nSPS) is 14.5. The van der Waals surface area contributed by atoms with Crippen LogP contribution < -0.4 is 20.1 Å². The minimum absolute atomic E-state index is 0.0233. The summed E-state index contributed by atoms with van der Waals surface area (Å²) in [6, 6.07) is 9.64. The molecule has 0 radical (unpaired) electrons. The number of carbonyl (C=O) groups is 1. The minimum atomic E-state index is -1.03. The molecular formula is C27H30N4O5. The number of aromatic nitrogens is 3. The summed E-state index contributed by atoms with van der Waals surface area (Å²) < 4.78 is 13.4. The molecule has 188 valence electrons. The molecule has 5 rings (SSSR count). The topological polar surface area (TPSA) is 110 Å². The largest absolute Gasteiger partial charge is 0.490 e. The fourth-order valence-electron chi connectivity index (χ4n) is 5.17. The van der Waals surface area contributed by atoms with Gasteiger partial charge in [0.15, 0.2) is 11.5 Å². The van der Waals surface area contributed by atoms with Crippen LogP contribution in [0.5, 0.6) is 11.5 Å². The number of carboxylic acid groups (broad SMARTS) is 1. The van der Waals surface area contributed by atoms with E-state index < -0.39 is 5.97 Å². The number of aromatic amines is 1. The van der Waals surface area contributed by atoms with Crippen molar-refractivity contribution in [2.45, 2.75) is 39.7 Å². The summed E-state index contributed by atoms with van der Waals surface area (Å²) >= 11 is 0. The van der Waals surface area contributed by atoms with Gasteiger partial charge < -0.3 is 24.5 Å². The molecule has 4 aromatic rings. The number of pyridine rings is 1. The lowest BCUT2D eigenvalue weighted by molar-refractivity contribution is 0.0697. The van der Waals surface area contributed by atoms with Crippen LogP contribution in [0, 0.1) is 6.92 Å². The Labute approximate surface area is 208 Å². The molecule has 1 aliphatic heterocycles. The van der Waals surface area contributed by atoms with E-state index in [-0.39, 0.29) is 17.3 Å². The number of aryl methyl sites for hydroxylation is 1. The molecule has 0 spiro atoms. The van der Waals surface area contributed by atoms with Crippen LogP contribution in [-0.4, -0.2) is 51.9 Å². The molecule has 9 nitrogen and oxygen atoms in total. The molecule has 1 fully saturated rings. The third-order valence-corrected chi connectivity index (χ3v) is 6.75. The first-order valence-electron chi connectivity index (χ1n) is 12.3. The quantitative estimate of drug-likeness (QED) is 0.392. The molecular weight excluding hydrogens is 460 g/mol. The Hall–Kier alpha value is -4.01. The molecule has 0 atom stereocenters. The van der Waals surface area contributed by atoms with Gasteiger partial charge in [-0.2, -0.15) is 0 Å². The fraction of sp³-hybridized carbons (Fsp3) is 0.370. The maximum Gasteiger partial charge on any atom is 0.339 e. The van der Waals surface area contributed by atoms with Crippen LogP contribution in [0.3, 0.4) is 0 Å². The summed E-state index contributed by atoms with van der Waals surface area (Å²) in [5.41, 5.74) is 4.13. The number of benzene rings is 2. The van der Waals surface area contributed by atoms with Crippen molar-refractivity contribution in [3.63, 3.8) is 0 Å². The van der Waals surface area contributed by atoms with Crippen molar-refractivity contribution < 1.29 is 19.4 Å². The summed E-state index contributed by atoms with van der Waals surface area (Å²) in [5.74, 6) is 0.116. The highest BCUT2D eigenvalue weighted by molar-refractivity contribution is 6.05. The lowest BCUT2D eigenvalue weighted by Crippen LogP contribution is -2.37. The Morgan fingerprint density at radius 3 is 2.47 bits per heavy atom. The Bertz CT molecular complexity index is 1500. The number of imidazole rings is 1. The highest BCUT2D eigenvalue weighted by Crippen LogP contribution is 2.39. The number of carboxylic acids is 1. The SMILES string of the molecule is CCOc1cc2ncc(C(=O)O)c(N3CCC(n4c(=O)[nH]c5cc(C)ccc54)CC3)c2cc1OCC. The predicted molar refractivity (Wildman–Crippen MR) is 139 cm³/mol. The van der Waals surface area contributed by atoms with Crippen molar-refractivity contribution >= 4 is 33.6 Å². The average Bonchev–Trinajstić information content (AvgIpc) is 3.18. The first kappa shape index (κ1) is 23.7. The first-order chi connectivity index (χ1) is 17.4. The number of hydrogen-bond donors (Lipinski definition) is 2. The zero-order valence-corrected chi connectivity index (χ0v) is 20.7. The van der Waals surface area contributed by atoms with E-state index in [0.717, 1.165) is 16.6 Å². The number of nitrogens with zero attached hydrogens (tertiary/aromatic N) is 3. The first-order valence-corrected chi connectivity index (χ1v) is 12.3. The number of rotatable bonds is 7. The number of aromatic carboxylic acids is 1. The number of anilines is 1. The van der Waals surface area contributed by atoms with Gasteiger partial charge in [0.25, 0.3) is 0 Å². The van der Waals surface area contributed by atoms with E-state index in [4.69, 9.17) is 9.47 Å². The number of nitrogens with one attached hydrogen (secondary N) is 1. The molecule has 0 bridgehead atoms. The molecule has 36 heavy (non-hydrogen) atoms. The summed E-state index contributed by atoms with van der Waals surface area (Å²) in [5, 5.41) is 10.7. The molecule has 0 amide bonds. The smallest absolute Gasteiger partial charge is 0.339 e. The van der Waals surface area contributed by atoms with Crippen LogP contribution in [-0.2, 0) is 0 Å². The molecule has 1 aliphatic rings. The standard InChI is InChI=1S/C27H30N4O5/c1-4-35-23-13-18-20(14-24(23)36-5-2)28-15-19(26(32)33)25(18)30-10-8-17(9-11-30)31-22-7-6-16(3)12-21(22)29-27(31)34/h6-7,12-15,17H,4-5,8-11H2,1-3H3,(H,29,34)(H,32,33). The van der Waals surface area contributed by atoms with Crippen LogP contribution in [0.2, 0.25) is 0 Å². The van der Waals surface area contributed by atoms with Gasteiger partial charge in [-0.15, -0.1) is 0 Å². The third kappa shape index (κ3) is 4.14. The molecule has 0 aliphatic carbocycles. The van der Waals surface area contributed by atoms with E-state index in [9.17, 15) is 14.7 Å². The molecule has 3 heterocycles. The van der Waals surface area contributed by atoms with E-state index in [1.807, 2.05) is 49.6 Å². The fourth-order valence-corrected chi connectivity index (χ4v) is 5.17. The molecule has 1 saturated heterocycles. The second kappa shape index (κ2) is 9.56. The highest BCUT2D eigenvalue weighted by atomic mass is 16.5. The van der Waals surface area contributed by atoms with Gasteiger partial charge >= 0.3 is 11.7 Å². The zero-order chi connectivity index (χ0) is 25.4. The van der Waals surface area contributed by atoms with Crippen LogP contribution in [0.4, 0.5) is 5.69 Å². The van der Waals surface area contributed by atoms with Gasteiger partial charge in [-0.1, -0.05) is 6.07 Å².